The standard InChI is InChI=1S/C24H15N.C14H12N6.C12H9N3O3.C6H12N6/c1-4-19-7-13-22(14-8-19)25(23-15-9-20(5-2)10-16-23)24-17-11-21(6-3)12-18-24;15-19-17-9-11-1-5-13(6-2-11)14-7-3-12(4-8-14)10-18-20-16;1-4-7-16-10-13-11(17-8-5-2)15-12(14-10)18-9-6-3;7-11-9-5-3-1-2-4-6-10-12-8/h1-3,7-18H;1-8H,9-10H2;1-3H,7-9H2;1-6H2. The van der Waals surface area contributed by atoms with Crippen LogP contribution in [0.1, 0.15) is 53.5 Å². The zero-order valence-corrected chi connectivity index (χ0v) is 40.7. The molecule has 0 fully saturated rings. The number of hydrogen-bond acceptors (Lipinski definition) is 11. The Morgan fingerprint density at radius 1 is 0.400 bits per heavy atom. The molecule has 0 aliphatic carbocycles. The molecule has 0 unspecified atom stereocenters. The third-order valence-electron chi connectivity index (χ3n) is 9.57. The maximum absolute atomic E-state index is 8.28. The average Bonchev–Trinajstić information content (AvgIpc) is 3.46. The molecule has 6 rings (SSSR count). The van der Waals surface area contributed by atoms with Crippen molar-refractivity contribution >= 4 is 17.1 Å². The summed E-state index contributed by atoms with van der Waals surface area (Å²) in [6.07, 6.45) is 35.4. The summed E-state index contributed by atoms with van der Waals surface area (Å²) in [6, 6.07) is 39.2. The Kier molecular flexibility index (Phi) is 27.9. The van der Waals surface area contributed by atoms with E-state index in [-0.39, 0.29) is 37.9 Å². The van der Waals surface area contributed by atoms with Gasteiger partial charge in [-0.15, -0.1) is 53.5 Å². The van der Waals surface area contributed by atoms with Gasteiger partial charge in [-0.2, -0.15) is 0 Å². The van der Waals surface area contributed by atoms with Crippen molar-refractivity contribution in [3.8, 4) is 103 Å². The van der Waals surface area contributed by atoms with Gasteiger partial charge in [0.05, 0.1) is 13.1 Å². The van der Waals surface area contributed by atoms with Crippen LogP contribution in [0.2, 0.25) is 0 Å². The van der Waals surface area contributed by atoms with Crippen molar-refractivity contribution in [1.29, 1.82) is 0 Å². The van der Waals surface area contributed by atoms with Crippen molar-refractivity contribution in [2.24, 2.45) is 20.5 Å². The molecule has 1 aromatic heterocycles. The lowest BCUT2D eigenvalue weighted by molar-refractivity contribution is 0.273. The van der Waals surface area contributed by atoms with Crippen molar-refractivity contribution in [3.63, 3.8) is 0 Å². The second-order valence-electron chi connectivity index (χ2n) is 14.6. The Bertz CT molecular complexity index is 2880. The van der Waals surface area contributed by atoms with Crippen molar-refractivity contribution in [3.05, 3.63) is 191 Å². The molecule has 0 bridgehead atoms. The van der Waals surface area contributed by atoms with Crippen molar-refractivity contribution in [2.75, 3.05) is 37.8 Å². The molecule has 370 valence electrons. The zero-order chi connectivity index (χ0) is 54.1. The van der Waals surface area contributed by atoms with Crippen molar-refractivity contribution in [1.82, 2.24) is 15.0 Å². The fraction of sp³-hybridized carbons (Fsp3) is 0.196. The number of hydrogen-bond donors (Lipinski definition) is 0. The van der Waals surface area contributed by atoms with E-state index in [4.69, 9.17) is 74.9 Å². The van der Waals surface area contributed by atoms with Crippen LogP contribution in [0.4, 0.5) is 17.1 Å². The van der Waals surface area contributed by atoms with Crippen LogP contribution in [0.15, 0.2) is 142 Å². The Hall–Kier alpha value is -11.1. The number of rotatable bonds is 21. The van der Waals surface area contributed by atoms with Crippen LogP contribution in [-0.4, -0.2) is 47.9 Å². The van der Waals surface area contributed by atoms with Crippen LogP contribution in [-0.2, 0) is 13.1 Å². The van der Waals surface area contributed by atoms with Gasteiger partial charge in [0.25, 0.3) is 0 Å². The van der Waals surface area contributed by atoms with Gasteiger partial charge in [0.1, 0.15) is 0 Å². The smallest absolute Gasteiger partial charge is 0.326 e. The van der Waals surface area contributed by atoms with E-state index in [1.807, 2.05) is 121 Å². The number of anilines is 3. The van der Waals surface area contributed by atoms with E-state index in [1.54, 1.807) is 0 Å². The molecule has 19 nitrogen and oxygen atoms in total. The van der Waals surface area contributed by atoms with E-state index in [0.29, 0.717) is 26.2 Å². The second kappa shape index (κ2) is 35.9. The lowest BCUT2D eigenvalue weighted by Crippen LogP contribution is -2.09. The highest BCUT2D eigenvalue weighted by Crippen LogP contribution is 2.35. The summed E-state index contributed by atoms with van der Waals surface area (Å²) in [7, 11) is 0. The minimum atomic E-state index is -0.0259. The molecule has 19 heteroatoms. The lowest BCUT2D eigenvalue weighted by Gasteiger charge is -2.25. The summed E-state index contributed by atoms with van der Waals surface area (Å²) in [5.41, 5.74) is 42.1. The van der Waals surface area contributed by atoms with E-state index in [9.17, 15) is 0 Å². The van der Waals surface area contributed by atoms with Gasteiger partial charge in [-0.25, -0.2) is 0 Å². The number of nitrogens with zero attached hydrogens (tertiary/aromatic N) is 16. The van der Waals surface area contributed by atoms with Gasteiger partial charge in [0.2, 0.25) is 0 Å². The molecule has 0 aliphatic rings. The molecule has 6 aromatic rings. The minimum Gasteiger partial charge on any atom is -0.450 e. The topological polar surface area (TPSA) is 265 Å². The minimum absolute atomic E-state index is 0.00711. The number of aromatic nitrogens is 3. The first-order valence-corrected chi connectivity index (χ1v) is 22.5. The van der Waals surface area contributed by atoms with Crippen LogP contribution in [0.3, 0.4) is 0 Å². The van der Waals surface area contributed by atoms with Crippen LogP contribution < -0.4 is 19.1 Å². The van der Waals surface area contributed by atoms with Gasteiger partial charge >= 0.3 is 18.0 Å². The van der Waals surface area contributed by atoms with E-state index in [2.05, 4.69) is 95.5 Å². The van der Waals surface area contributed by atoms with Crippen LogP contribution in [0.25, 0.3) is 52.9 Å². The molecular weight excluding hydrogens is 945 g/mol. The number of terminal acetylenes is 6. The van der Waals surface area contributed by atoms with Crippen molar-refractivity contribution in [2.45, 2.75) is 38.8 Å². The summed E-state index contributed by atoms with van der Waals surface area (Å²) in [5.74, 6) is 14.7. The molecule has 0 radical (unpaired) electrons. The maximum atomic E-state index is 8.28. The van der Waals surface area contributed by atoms with E-state index in [0.717, 1.165) is 81.7 Å². The summed E-state index contributed by atoms with van der Waals surface area (Å²) in [6.45, 7) is 1.88. The Morgan fingerprint density at radius 3 is 0.947 bits per heavy atom. The number of benzene rings is 5. The normalized spacial score (nSPS) is 9.04. The fourth-order valence-electron chi connectivity index (χ4n) is 6.04. The zero-order valence-electron chi connectivity index (χ0n) is 40.7. The van der Waals surface area contributed by atoms with Crippen LogP contribution in [0.5, 0.6) is 18.0 Å². The second-order valence-corrected chi connectivity index (χ2v) is 14.6. The molecule has 0 amide bonds. The summed E-state index contributed by atoms with van der Waals surface area (Å²) >= 11 is 0. The average molecular weight is 993 g/mol. The van der Waals surface area contributed by atoms with E-state index >= 15 is 0 Å². The highest BCUT2D eigenvalue weighted by Gasteiger charge is 2.13. The molecule has 0 saturated carbocycles. The number of unbranched alkanes of at least 4 members (excludes halogenated alkanes) is 3. The molecule has 1 heterocycles. The van der Waals surface area contributed by atoms with Crippen LogP contribution in [0, 0.1) is 74.1 Å². The molecule has 0 atom stereocenters. The molecule has 5 aromatic carbocycles. The Labute approximate surface area is 435 Å². The molecule has 0 saturated heterocycles. The fourth-order valence-corrected chi connectivity index (χ4v) is 6.04. The molecule has 75 heavy (non-hydrogen) atoms. The van der Waals surface area contributed by atoms with Gasteiger partial charge in [0.15, 0.2) is 19.8 Å². The monoisotopic (exact) mass is 992 g/mol. The number of azide groups is 4. The quantitative estimate of drug-likeness (QED) is 0.0221. The van der Waals surface area contributed by atoms with Gasteiger partial charge in [-0.1, -0.05) is 117 Å². The Balaban J connectivity index is 0.000000272. The molecule has 0 aliphatic heterocycles. The van der Waals surface area contributed by atoms with Gasteiger partial charge in [0, 0.05) is 66.5 Å². The summed E-state index contributed by atoms with van der Waals surface area (Å²) in [5, 5.41) is 13.9. The maximum Gasteiger partial charge on any atom is 0.326 e. The van der Waals surface area contributed by atoms with E-state index < -0.39 is 0 Å². The first-order valence-electron chi connectivity index (χ1n) is 22.5. The molecular formula is C56H48N16O3. The highest BCUT2D eigenvalue weighted by molar-refractivity contribution is 5.77. The van der Waals surface area contributed by atoms with Gasteiger partial charge in [-0.05, 0) is 130 Å². The first kappa shape index (κ1) is 58.2. The molecule has 0 N–H and O–H groups in total. The lowest BCUT2D eigenvalue weighted by atomic mass is 10.0. The SMILES string of the molecule is C#CCOc1nc(OCC#C)nc(OCC#C)n1.C#Cc1ccc(N(c2ccc(C#C)cc2)c2ccc(C#C)cc2)cc1.[N-]=[N+]=NCCCCCCN=[N+]=[N-].[N-]=[N+]=NCc1ccc(-c2ccc(CN=[N+]=[N-])cc2)cc1. The third kappa shape index (κ3) is 22.5. The predicted octanol–water partition coefficient (Wildman–Crippen LogP) is 13.1. The number of ether oxygens (including phenoxy) is 3. The largest absolute Gasteiger partial charge is 0.450 e. The van der Waals surface area contributed by atoms with E-state index in [1.165, 1.54) is 0 Å². The third-order valence-corrected chi connectivity index (χ3v) is 9.57. The predicted molar refractivity (Wildman–Crippen MR) is 292 cm³/mol. The highest BCUT2D eigenvalue weighted by atomic mass is 16.5. The van der Waals surface area contributed by atoms with Crippen LogP contribution >= 0.6 is 0 Å². The molecule has 0 spiro atoms. The van der Waals surface area contributed by atoms with Crippen molar-refractivity contribution < 1.29 is 14.2 Å². The Morgan fingerprint density at radius 2 is 0.693 bits per heavy atom. The summed E-state index contributed by atoms with van der Waals surface area (Å²) < 4.78 is 15.1. The summed E-state index contributed by atoms with van der Waals surface area (Å²) in [4.78, 5) is 24.4. The van der Waals surface area contributed by atoms with Gasteiger partial charge < -0.3 is 19.1 Å². The first-order chi connectivity index (χ1) is 36.8. The van der Waals surface area contributed by atoms with Gasteiger partial charge in [-0.3, -0.25) is 0 Å².